The Balaban J connectivity index is 1.48. The number of nitrogens with zero attached hydrogens (tertiary/aromatic N) is 4. The highest BCUT2D eigenvalue weighted by molar-refractivity contribution is 5.80. The fourth-order valence-corrected chi connectivity index (χ4v) is 3.08. The zero-order chi connectivity index (χ0) is 16.8. The molecule has 0 saturated carbocycles. The molecule has 1 atom stereocenters. The summed E-state index contributed by atoms with van der Waals surface area (Å²) in [5.74, 6) is 0.157. The first kappa shape index (κ1) is 16.6. The maximum absolute atomic E-state index is 12.7. The Morgan fingerprint density at radius 1 is 1.29 bits per heavy atom. The number of amides is 1. The predicted molar refractivity (Wildman–Crippen MR) is 90.2 cm³/mol. The lowest BCUT2D eigenvalue weighted by atomic mass is 10.1. The van der Waals surface area contributed by atoms with E-state index >= 15 is 0 Å². The van der Waals surface area contributed by atoms with E-state index in [0.717, 1.165) is 38.0 Å². The van der Waals surface area contributed by atoms with Crippen LogP contribution in [0.15, 0.2) is 42.9 Å². The van der Waals surface area contributed by atoms with Gasteiger partial charge in [0.15, 0.2) is 0 Å². The Kier molecular flexibility index (Phi) is 5.59. The minimum Gasteiger partial charge on any atom is -0.372 e. The van der Waals surface area contributed by atoms with Gasteiger partial charge in [0.05, 0.1) is 18.4 Å². The fourth-order valence-electron chi connectivity index (χ4n) is 3.08. The molecule has 0 aromatic carbocycles. The van der Waals surface area contributed by atoms with Crippen molar-refractivity contribution >= 4 is 5.91 Å². The smallest absolute Gasteiger partial charge is 0.247 e. The number of carbonyl (C=O) groups is 1. The number of piperidine rings is 1. The molecular weight excluding hydrogens is 304 g/mol. The number of ether oxygens (including phenoxy) is 1. The number of rotatable bonds is 6. The van der Waals surface area contributed by atoms with E-state index in [2.05, 4.69) is 10.1 Å². The van der Waals surface area contributed by atoms with Gasteiger partial charge in [-0.1, -0.05) is 13.0 Å². The van der Waals surface area contributed by atoms with Crippen LogP contribution in [-0.4, -0.2) is 44.8 Å². The van der Waals surface area contributed by atoms with E-state index in [4.69, 9.17) is 4.74 Å². The zero-order valence-corrected chi connectivity index (χ0v) is 14.0. The second-order valence-electron chi connectivity index (χ2n) is 6.07. The molecule has 0 bridgehead atoms. The van der Waals surface area contributed by atoms with Crippen LogP contribution in [0, 0.1) is 0 Å². The summed E-state index contributed by atoms with van der Waals surface area (Å²) >= 11 is 0. The minimum absolute atomic E-state index is 0.157. The molecule has 2 aromatic rings. The van der Waals surface area contributed by atoms with Crippen molar-refractivity contribution in [2.75, 3.05) is 13.1 Å². The number of carbonyl (C=O) groups excluding carboxylic acids is 1. The van der Waals surface area contributed by atoms with E-state index in [9.17, 15) is 4.79 Å². The van der Waals surface area contributed by atoms with Gasteiger partial charge in [0, 0.05) is 31.7 Å². The van der Waals surface area contributed by atoms with Crippen LogP contribution in [0.4, 0.5) is 0 Å². The Morgan fingerprint density at radius 2 is 2.12 bits per heavy atom. The highest BCUT2D eigenvalue weighted by Gasteiger charge is 2.28. The molecule has 0 aliphatic carbocycles. The first-order chi connectivity index (χ1) is 11.8. The molecule has 1 aliphatic heterocycles. The van der Waals surface area contributed by atoms with Gasteiger partial charge in [0.25, 0.3) is 0 Å². The minimum atomic E-state index is -0.203. The Labute approximate surface area is 142 Å². The highest BCUT2D eigenvalue weighted by Crippen LogP contribution is 2.20. The summed E-state index contributed by atoms with van der Waals surface area (Å²) in [7, 11) is 0. The second-order valence-corrected chi connectivity index (χ2v) is 6.07. The number of hydrogen-bond donors (Lipinski definition) is 0. The molecule has 1 fully saturated rings. The van der Waals surface area contributed by atoms with Crippen LogP contribution < -0.4 is 0 Å². The molecule has 6 nitrogen and oxygen atoms in total. The lowest BCUT2D eigenvalue weighted by Crippen LogP contribution is -2.44. The number of hydrogen-bond acceptors (Lipinski definition) is 4. The highest BCUT2D eigenvalue weighted by atomic mass is 16.5. The van der Waals surface area contributed by atoms with Gasteiger partial charge in [-0.15, -0.1) is 0 Å². The largest absolute Gasteiger partial charge is 0.372 e. The average molecular weight is 328 g/mol. The molecule has 0 radical (unpaired) electrons. The van der Waals surface area contributed by atoms with Gasteiger partial charge in [-0.3, -0.25) is 14.5 Å². The molecular formula is C18H24N4O2. The summed E-state index contributed by atoms with van der Waals surface area (Å²) in [6, 6.07) is 7.48. The van der Waals surface area contributed by atoms with E-state index in [1.807, 2.05) is 42.3 Å². The molecule has 1 saturated heterocycles. The molecule has 0 N–H and O–H groups in total. The van der Waals surface area contributed by atoms with Gasteiger partial charge in [0.1, 0.15) is 6.04 Å². The van der Waals surface area contributed by atoms with E-state index in [1.54, 1.807) is 17.1 Å². The lowest BCUT2D eigenvalue weighted by molar-refractivity contribution is -0.138. The molecule has 3 heterocycles. The lowest BCUT2D eigenvalue weighted by Gasteiger charge is -2.34. The third-order valence-corrected chi connectivity index (χ3v) is 4.46. The Hall–Kier alpha value is -2.21. The Morgan fingerprint density at radius 3 is 2.75 bits per heavy atom. The van der Waals surface area contributed by atoms with Gasteiger partial charge in [-0.2, -0.15) is 5.10 Å². The maximum atomic E-state index is 12.7. The standard InChI is InChI=1S/C18H24N4O2/c1-2-17(22-11-5-10-20-22)18(23)21-12-7-16(8-13-21)24-14-15-6-3-4-9-19-15/h3-6,9-11,16-17H,2,7-8,12-14H2,1H3/t17-/m0/s1. The van der Waals surface area contributed by atoms with Crippen LogP contribution in [-0.2, 0) is 16.1 Å². The van der Waals surface area contributed by atoms with Crippen molar-refractivity contribution in [3.63, 3.8) is 0 Å². The van der Waals surface area contributed by atoms with Crippen LogP contribution in [0.1, 0.15) is 37.9 Å². The summed E-state index contributed by atoms with van der Waals surface area (Å²) in [4.78, 5) is 18.9. The second kappa shape index (κ2) is 8.06. The molecule has 1 amide bonds. The van der Waals surface area contributed by atoms with Crippen LogP contribution >= 0.6 is 0 Å². The average Bonchev–Trinajstić information content (AvgIpc) is 3.16. The van der Waals surface area contributed by atoms with E-state index in [1.165, 1.54) is 0 Å². The first-order valence-corrected chi connectivity index (χ1v) is 8.57. The monoisotopic (exact) mass is 328 g/mol. The van der Waals surface area contributed by atoms with Crippen molar-refractivity contribution in [1.82, 2.24) is 19.7 Å². The summed E-state index contributed by atoms with van der Waals surface area (Å²) in [6.07, 6.45) is 8.03. The van der Waals surface area contributed by atoms with Crippen molar-refractivity contribution in [2.24, 2.45) is 0 Å². The first-order valence-electron chi connectivity index (χ1n) is 8.57. The Bertz CT molecular complexity index is 622. The number of aromatic nitrogens is 3. The van der Waals surface area contributed by atoms with Crippen molar-refractivity contribution in [3.05, 3.63) is 48.5 Å². The van der Waals surface area contributed by atoms with E-state index in [0.29, 0.717) is 6.61 Å². The van der Waals surface area contributed by atoms with Crippen LogP contribution in [0.2, 0.25) is 0 Å². The quantitative estimate of drug-likeness (QED) is 0.817. The van der Waals surface area contributed by atoms with E-state index in [-0.39, 0.29) is 18.1 Å². The van der Waals surface area contributed by atoms with Crippen LogP contribution in [0.25, 0.3) is 0 Å². The molecule has 1 aliphatic rings. The molecule has 128 valence electrons. The number of pyridine rings is 1. The third-order valence-electron chi connectivity index (χ3n) is 4.46. The molecule has 0 unspecified atom stereocenters. The zero-order valence-electron chi connectivity index (χ0n) is 14.0. The fraction of sp³-hybridized carbons (Fsp3) is 0.500. The van der Waals surface area contributed by atoms with Crippen molar-refractivity contribution in [1.29, 1.82) is 0 Å². The summed E-state index contributed by atoms with van der Waals surface area (Å²) in [6.45, 7) is 4.03. The molecule has 3 rings (SSSR count). The number of likely N-dealkylation sites (tertiary alicyclic amines) is 1. The van der Waals surface area contributed by atoms with Crippen molar-refractivity contribution < 1.29 is 9.53 Å². The summed E-state index contributed by atoms with van der Waals surface area (Å²) in [5.41, 5.74) is 0.945. The van der Waals surface area contributed by atoms with Gasteiger partial charge in [-0.25, -0.2) is 0 Å². The van der Waals surface area contributed by atoms with Crippen molar-refractivity contribution in [3.8, 4) is 0 Å². The molecule has 6 heteroatoms. The van der Waals surface area contributed by atoms with Gasteiger partial charge >= 0.3 is 0 Å². The van der Waals surface area contributed by atoms with E-state index < -0.39 is 0 Å². The molecule has 24 heavy (non-hydrogen) atoms. The van der Waals surface area contributed by atoms with Crippen LogP contribution in [0.3, 0.4) is 0 Å². The third kappa shape index (κ3) is 4.00. The van der Waals surface area contributed by atoms with Gasteiger partial charge < -0.3 is 9.64 Å². The summed E-state index contributed by atoms with van der Waals surface area (Å²) < 4.78 is 7.69. The van der Waals surface area contributed by atoms with Crippen LogP contribution in [0.5, 0.6) is 0 Å². The molecule has 2 aromatic heterocycles. The topological polar surface area (TPSA) is 60.3 Å². The summed E-state index contributed by atoms with van der Waals surface area (Å²) in [5, 5.41) is 4.22. The SMILES string of the molecule is CC[C@@H](C(=O)N1CCC(OCc2ccccn2)CC1)n1cccn1. The van der Waals surface area contributed by atoms with Gasteiger partial charge in [0.2, 0.25) is 5.91 Å². The van der Waals surface area contributed by atoms with Gasteiger partial charge in [-0.05, 0) is 37.5 Å². The van der Waals surface area contributed by atoms with Crippen molar-refractivity contribution in [2.45, 2.75) is 44.9 Å². The predicted octanol–water partition coefficient (Wildman–Crippen LogP) is 2.44. The molecule has 0 spiro atoms. The maximum Gasteiger partial charge on any atom is 0.247 e. The normalized spacial score (nSPS) is 17.0.